The van der Waals surface area contributed by atoms with Crippen molar-refractivity contribution in [1.29, 1.82) is 0 Å². The number of carbonyl (C=O) groups excluding carboxylic acids is 1. The Morgan fingerprint density at radius 3 is 2.71 bits per heavy atom. The third-order valence-electron chi connectivity index (χ3n) is 3.47. The molecule has 3 rings (SSSR count). The van der Waals surface area contributed by atoms with E-state index in [2.05, 4.69) is 5.32 Å². The number of anilines is 1. The van der Waals surface area contributed by atoms with Crippen LogP contribution in [0.5, 0.6) is 0 Å². The van der Waals surface area contributed by atoms with Gasteiger partial charge in [0.05, 0.1) is 22.4 Å². The number of rotatable bonds is 4. The summed E-state index contributed by atoms with van der Waals surface area (Å²) in [5.41, 5.74) is -0.0274. The number of nitrogens with one attached hydrogen (secondary N) is 1. The second-order valence-corrected chi connectivity index (χ2v) is 4.97. The highest BCUT2D eigenvalue weighted by Gasteiger charge is 2.39. The van der Waals surface area contributed by atoms with E-state index in [0.29, 0.717) is 11.6 Å². The van der Waals surface area contributed by atoms with Gasteiger partial charge in [-0.2, -0.15) is 0 Å². The van der Waals surface area contributed by atoms with Crippen LogP contribution in [0.25, 0.3) is 0 Å². The fourth-order valence-corrected chi connectivity index (χ4v) is 2.35. The van der Waals surface area contributed by atoms with Crippen molar-refractivity contribution >= 4 is 11.7 Å². The van der Waals surface area contributed by atoms with Crippen molar-refractivity contribution in [3.05, 3.63) is 87.2 Å². The molecule has 0 saturated carbocycles. The van der Waals surface area contributed by atoms with Crippen molar-refractivity contribution in [3.63, 3.8) is 0 Å². The lowest BCUT2D eigenvalue weighted by Crippen LogP contribution is -2.12. The Bertz CT molecular complexity index is 867. The zero-order valence-electron chi connectivity index (χ0n) is 12.0. The number of benzene rings is 2. The Labute approximate surface area is 134 Å². The van der Waals surface area contributed by atoms with Crippen LogP contribution < -0.4 is 5.32 Å². The van der Waals surface area contributed by atoms with Crippen LogP contribution in [-0.2, 0) is 4.74 Å². The van der Waals surface area contributed by atoms with Gasteiger partial charge in [-0.3, -0.25) is 10.1 Å². The minimum absolute atomic E-state index is 0.145. The summed E-state index contributed by atoms with van der Waals surface area (Å²) in [5.74, 6) is -2.34. The minimum Gasteiger partial charge on any atom is -0.442 e. The van der Waals surface area contributed by atoms with E-state index in [1.807, 2.05) is 0 Å². The Balaban J connectivity index is 1.94. The number of nitro groups is 1. The van der Waals surface area contributed by atoms with Gasteiger partial charge in [0, 0.05) is 11.6 Å². The summed E-state index contributed by atoms with van der Waals surface area (Å²) in [4.78, 5) is 22.4. The number of ether oxygens (including phenoxy) is 1. The molecule has 122 valence electrons. The number of fused-ring (bicyclic) bond motifs is 1. The highest BCUT2D eigenvalue weighted by atomic mass is 19.1. The molecule has 2 aromatic carbocycles. The van der Waals surface area contributed by atoms with Crippen molar-refractivity contribution < 1.29 is 23.2 Å². The van der Waals surface area contributed by atoms with E-state index in [4.69, 9.17) is 4.74 Å². The average molecular weight is 332 g/mol. The van der Waals surface area contributed by atoms with Crippen LogP contribution in [0.1, 0.15) is 22.0 Å². The predicted octanol–water partition coefficient (Wildman–Crippen LogP) is 3.41. The zero-order chi connectivity index (χ0) is 17.3. The van der Waals surface area contributed by atoms with Crippen LogP contribution in [0.2, 0.25) is 0 Å². The van der Waals surface area contributed by atoms with Crippen molar-refractivity contribution in [2.24, 2.45) is 0 Å². The molecule has 1 unspecified atom stereocenters. The molecule has 8 heteroatoms. The molecule has 0 amide bonds. The van der Waals surface area contributed by atoms with Gasteiger partial charge in [-0.1, -0.05) is 18.2 Å². The van der Waals surface area contributed by atoms with Gasteiger partial charge in [0.25, 0.3) is 0 Å². The molecule has 0 fully saturated rings. The number of halogens is 2. The lowest BCUT2D eigenvalue weighted by molar-refractivity contribution is -0.436. The van der Waals surface area contributed by atoms with Gasteiger partial charge in [-0.25, -0.2) is 13.6 Å². The summed E-state index contributed by atoms with van der Waals surface area (Å²) in [6, 6.07) is 9.04. The van der Waals surface area contributed by atoms with Crippen LogP contribution in [0.4, 0.5) is 14.5 Å². The monoisotopic (exact) mass is 332 g/mol. The highest BCUT2D eigenvalue weighted by Crippen LogP contribution is 2.35. The molecule has 1 aliphatic rings. The Hall–Kier alpha value is -3.29. The fraction of sp³-hybridized carbons (Fsp3) is 0.0625. The summed E-state index contributed by atoms with van der Waals surface area (Å²) < 4.78 is 31.5. The Morgan fingerprint density at radius 2 is 2.00 bits per heavy atom. The summed E-state index contributed by atoms with van der Waals surface area (Å²) in [5, 5.41) is 13.7. The third kappa shape index (κ3) is 2.81. The predicted molar refractivity (Wildman–Crippen MR) is 79.7 cm³/mol. The van der Waals surface area contributed by atoms with Crippen LogP contribution in [-0.4, -0.2) is 10.9 Å². The molecule has 0 aromatic heterocycles. The lowest BCUT2D eigenvalue weighted by atomic mass is 10.0. The van der Waals surface area contributed by atoms with Gasteiger partial charge in [0.15, 0.2) is 0 Å². The molecule has 0 spiro atoms. The van der Waals surface area contributed by atoms with Gasteiger partial charge >= 0.3 is 11.7 Å². The summed E-state index contributed by atoms with van der Waals surface area (Å²) in [6.07, 6.45) is -0.282. The van der Waals surface area contributed by atoms with Crippen LogP contribution >= 0.6 is 0 Å². The number of esters is 1. The molecule has 1 heterocycles. The number of carbonyl (C=O) groups is 1. The standard InChI is InChI=1S/C16H10F2N2O4/c17-9-5-6-13(12(18)7-9)19-8-14(20(22)23)15-10-3-1-2-4-11(10)16(21)24-15/h1-8,15,19H/b14-8-. The second-order valence-electron chi connectivity index (χ2n) is 4.97. The smallest absolute Gasteiger partial charge is 0.339 e. The fourth-order valence-electron chi connectivity index (χ4n) is 2.35. The normalized spacial score (nSPS) is 16.5. The minimum atomic E-state index is -1.21. The zero-order valence-corrected chi connectivity index (χ0v) is 12.0. The molecule has 24 heavy (non-hydrogen) atoms. The SMILES string of the molecule is O=C1OC(/C(=C/Nc2ccc(F)cc2F)[N+](=O)[O-])c2ccccc21. The molecule has 1 atom stereocenters. The molecule has 1 N–H and O–H groups in total. The first kappa shape index (κ1) is 15.6. The summed E-state index contributed by atoms with van der Waals surface area (Å²) in [6.45, 7) is 0. The molecule has 0 bridgehead atoms. The third-order valence-corrected chi connectivity index (χ3v) is 3.47. The quantitative estimate of drug-likeness (QED) is 0.527. The van der Waals surface area contributed by atoms with Gasteiger partial charge < -0.3 is 10.1 Å². The van der Waals surface area contributed by atoms with Gasteiger partial charge in [-0.15, -0.1) is 0 Å². The maximum atomic E-state index is 13.6. The van der Waals surface area contributed by atoms with Crippen LogP contribution in [0, 0.1) is 21.7 Å². The topological polar surface area (TPSA) is 81.5 Å². The molecule has 2 aromatic rings. The lowest BCUT2D eigenvalue weighted by Gasteiger charge is -2.09. The van der Waals surface area contributed by atoms with Gasteiger partial charge in [0.2, 0.25) is 6.10 Å². The van der Waals surface area contributed by atoms with Crippen molar-refractivity contribution in [2.45, 2.75) is 6.10 Å². The van der Waals surface area contributed by atoms with E-state index in [9.17, 15) is 23.7 Å². The maximum Gasteiger partial charge on any atom is 0.339 e. The van der Waals surface area contributed by atoms with E-state index in [-0.39, 0.29) is 11.3 Å². The average Bonchev–Trinajstić information content (AvgIpc) is 2.87. The van der Waals surface area contributed by atoms with E-state index in [0.717, 1.165) is 18.3 Å². The molecular weight excluding hydrogens is 322 g/mol. The van der Waals surface area contributed by atoms with E-state index < -0.39 is 34.3 Å². The number of nitrogens with zero attached hydrogens (tertiary/aromatic N) is 1. The van der Waals surface area contributed by atoms with E-state index in [1.54, 1.807) is 18.2 Å². The Morgan fingerprint density at radius 1 is 1.25 bits per heavy atom. The van der Waals surface area contributed by atoms with Gasteiger partial charge in [-0.05, 0) is 18.2 Å². The first-order chi connectivity index (χ1) is 11.5. The molecule has 0 radical (unpaired) electrons. The molecule has 0 saturated heterocycles. The second kappa shape index (κ2) is 6.07. The van der Waals surface area contributed by atoms with Crippen molar-refractivity contribution in [3.8, 4) is 0 Å². The van der Waals surface area contributed by atoms with Crippen molar-refractivity contribution in [1.82, 2.24) is 0 Å². The Kier molecular flexibility index (Phi) is 3.95. The van der Waals surface area contributed by atoms with E-state index in [1.165, 1.54) is 6.07 Å². The molecule has 1 aliphatic heterocycles. The molecule has 6 nitrogen and oxygen atoms in total. The number of hydrogen-bond acceptors (Lipinski definition) is 5. The highest BCUT2D eigenvalue weighted by molar-refractivity contribution is 5.94. The number of cyclic esters (lactones) is 1. The first-order valence-corrected chi connectivity index (χ1v) is 6.83. The molecule has 0 aliphatic carbocycles. The van der Waals surface area contributed by atoms with E-state index >= 15 is 0 Å². The summed E-state index contributed by atoms with van der Waals surface area (Å²) >= 11 is 0. The van der Waals surface area contributed by atoms with Gasteiger partial charge in [0.1, 0.15) is 11.6 Å². The first-order valence-electron chi connectivity index (χ1n) is 6.83. The van der Waals surface area contributed by atoms with Crippen LogP contribution in [0.3, 0.4) is 0 Å². The summed E-state index contributed by atoms with van der Waals surface area (Å²) in [7, 11) is 0. The van der Waals surface area contributed by atoms with Crippen molar-refractivity contribution in [2.75, 3.05) is 5.32 Å². The largest absolute Gasteiger partial charge is 0.442 e. The van der Waals surface area contributed by atoms with Crippen LogP contribution in [0.15, 0.2) is 54.4 Å². The maximum absolute atomic E-state index is 13.6. The number of hydrogen-bond donors (Lipinski definition) is 1. The molecular formula is C16H10F2N2O4.